The number of amides is 1. The van der Waals surface area contributed by atoms with Crippen LogP contribution in [0.5, 0.6) is 5.75 Å². The molecule has 2 rings (SSSR count). The molecule has 0 saturated heterocycles. The van der Waals surface area contributed by atoms with Crippen LogP contribution >= 0.6 is 0 Å². The normalized spacial score (nSPS) is 17.2. The van der Waals surface area contributed by atoms with Crippen molar-refractivity contribution < 1.29 is 9.90 Å². The van der Waals surface area contributed by atoms with Gasteiger partial charge in [0.2, 0.25) is 5.91 Å². The van der Waals surface area contributed by atoms with Crippen LogP contribution in [0, 0.1) is 5.92 Å². The first-order valence-electron chi connectivity index (χ1n) is 6.75. The summed E-state index contributed by atoms with van der Waals surface area (Å²) in [4.78, 5) is 14.1. The van der Waals surface area contributed by atoms with Crippen LogP contribution in [-0.4, -0.2) is 18.1 Å². The van der Waals surface area contributed by atoms with E-state index in [4.69, 9.17) is 0 Å². The van der Waals surface area contributed by atoms with Gasteiger partial charge in [-0.25, -0.2) is 0 Å². The lowest BCUT2D eigenvalue weighted by Gasteiger charge is -2.23. The molecule has 1 fully saturated rings. The Bertz CT molecular complexity index is 391. The fourth-order valence-electron chi connectivity index (χ4n) is 2.60. The van der Waals surface area contributed by atoms with Gasteiger partial charge in [0.1, 0.15) is 5.75 Å². The lowest BCUT2D eigenvalue weighted by molar-refractivity contribution is -0.122. The van der Waals surface area contributed by atoms with E-state index in [2.05, 4.69) is 0 Å². The summed E-state index contributed by atoms with van der Waals surface area (Å²) in [5.74, 6) is 0.614. The van der Waals surface area contributed by atoms with Crippen LogP contribution in [0.4, 0.5) is 5.69 Å². The summed E-state index contributed by atoms with van der Waals surface area (Å²) < 4.78 is 0. The van der Waals surface area contributed by atoms with E-state index < -0.39 is 0 Å². The standard InChI is InChI=1S/C15H21NO2/c1-16(13-8-10-14(17)11-9-13)15(18)12-6-4-2-3-5-7-12/h8-12,17H,2-7H2,1H3. The Morgan fingerprint density at radius 2 is 1.67 bits per heavy atom. The maximum absolute atomic E-state index is 12.4. The molecule has 0 aliphatic heterocycles. The molecule has 1 aliphatic carbocycles. The summed E-state index contributed by atoms with van der Waals surface area (Å²) in [6.45, 7) is 0. The number of hydrogen-bond acceptors (Lipinski definition) is 2. The zero-order valence-corrected chi connectivity index (χ0v) is 10.9. The second-order valence-electron chi connectivity index (χ2n) is 5.10. The van der Waals surface area contributed by atoms with E-state index in [1.807, 2.05) is 7.05 Å². The lowest BCUT2D eigenvalue weighted by Crippen LogP contribution is -2.32. The highest BCUT2D eigenvalue weighted by Gasteiger charge is 2.23. The third-order valence-corrected chi connectivity index (χ3v) is 3.77. The van der Waals surface area contributed by atoms with Crippen LogP contribution in [0.2, 0.25) is 0 Å². The number of anilines is 1. The molecule has 0 aromatic heterocycles. The third kappa shape index (κ3) is 3.03. The van der Waals surface area contributed by atoms with Gasteiger partial charge in [-0.05, 0) is 37.1 Å². The van der Waals surface area contributed by atoms with Crippen molar-refractivity contribution in [3.8, 4) is 5.75 Å². The van der Waals surface area contributed by atoms with E-state index in [-0.39, 0.29) is 17.6 Å². The Kier molecular flexibility index (Phi) is 4.24. The maximum Gasteiger partial charge on any atom is 0.229 e. The number of rotatable bonds is 2. The number of phenols is 1. The van der Waals surface area contributed by atoms with Gasteiger partial charge in [-0.2, -0.15) is 0 Å². The van der Waals surface area contributed by atoms with E-state index in [1.54, 1.807) is 29.2 Å². The zero-order chi connectivity index (χ0) is 13.0. The summed E-state index contributed by atoms with van der Waals surface area (Å²) in [5, 5.41) is 9.26. The van der Waals surface area contributed by atoms with Crippen molar-refractivity contribution >= 4 is 11.6 Å². The first-order valence-corrected chi connectivity index (χ1v) is 6.75. The number of hydrogen-bond donors (Lipinski definition) is 1. The Balaban J connectivity index is 2.05. The van der Waals surface area contributed by atoms with Crippen molar-refractivity contribution in [3.63, 3.8) is 0 Å². The number of nitrogens with zero attached hydrogens (tertiary/aromatic N) is 1. The first kappa shape index (κ1) is 12.9. The van der Waals surface area contributed by atoms with Gasteiger partial charge in [0.25, 0.3) is 0 Å². The van der Waals surface area contributed by atoms with Crippen molar-refractivity contribution in [2.24, 2.45) is 5.92 Å². The molecule has 0 spiro atoms. The van der Waals surface area contributed by atoms with E-state index in [0.29, 0.717) is 0 Å². The number of carbonyl (C=O) groups is 1. The predicted octanol–water partition coefficient (Wildman–Crippen LogP) is 3.33. The van der Waals surface area contributed by atoms with Crippen LogP contribution < -0.4 is 4.90 Å². The molecule has 3 nitrogen and oxygen atoms in total. The highest BCUT2D eigenvalue weighted by Crippen LogP contribution is 2.26. The molecule has 1 saturated carbocycles. The number of phenolic OH excluding ortho intramolecular Hbond substituents is 1. The van der Waals surface area contributed by atoms with E-state index in [9.17, 15) is 9.90 Å². The molecule has 1 aliphatic rings. The molecule has 3 heteroatoms. The van der Waals surface area contributed by atoms with Crippen molar-refractivity contribution in [2.45, 2.75) is 38.5 Å². The first-order chi connectivity index (χ1) is 8.68. The van der Waals surface area contributed by atoms with Crippen LogP contribution in [-0.2, 0) is 4.79 Å². The summed E-state index contributed by atoms with van der Waals surface area (Å²) in [6, 6.07) is 6.80. The molecule has 98 valence electrons. The van der Waals surface area contributed by atoms with Crippen LogP contribution in [0.25, 0.3) is 0 Å². The third-order valence-electron chi connectivity index (χ3n) is 3.77. The van der Waals surface area contributed by atoms with Gasteiger partial charge in [-0.15, -0.1) is 0 Å². The van der Waals surface area contributed by atoms with Crippen molar-refractivity contribution in [3.05, 3.63) is 24.3 Å². The van der Waals surface area contributed by atoms with Crippen LogP contribution in [0.3, 0.4) is 0 Å². The minimum absolute atomic E-state index is 0.173. The summed E-state index contributed by atoms with van der Waals surface area (Å²) in [6.07, 6.45) is 6.88. The highest BCUT2D eigenvalue weighted by molar-refractivity contribution is 5.94. The lowest BCUT2D eigenvalue weighted by atomic mass is 9.98. The average molecular weight is 247 g/mol. The molecule has 18 heavy (non-hydrogen) atoms. The molecule has 1 aromatic carbocycles. The molecule has 0 unspecified atom stereocenters. The molecule has 0 bridgehead atoms. The van der Waals surface area contributed by atoms with Gasteiger partial charge in [0, 0.05) is 18.7 Å². The predicted molar refractivity (Wildman–Crippen MR) is 72.7 cm³/mol. The van der Waals surface area contributed by atoms with Crippen molar-refractivity contribution in [1.29, 1.82) is 0 Å². The SMILES string of the molecule is CN(C(=O)C1CCCCCC1)c1ccc(O)cc1. The molecular formula is C15H21NO2. The van der Waals surface area contributed by atoms with Gasteiger partial charge in [0.15, 0.2) is 0 Å². The Morgan fingerprint density at radius 3 is 2.22 bits per heavy atom. The van der Waals surface area contributed by atoms with Gasteiger partial charge in [0.05, 0.1) is 0 Å². The number of carbonyl (C=O) groups excluding carboxylic acids is 1. The monoisotopic (exact) mass is 247 g/mol. The maximum atomic E-state index is 12.4. The number of aromatic hydroxyl groups is 1. The molecule has 1 amide bonds. The Hall–Kier alpha value is -1.51. The van der Waals surface area contributed by atoms with Gasteiger partial charge >= 0.3 is 0 Å². The van der Waals surface area contributed by atoms with E-state index in [1.165, 1.54) is 25.7 Å². The minimum Gasteiger partial charge on any atom is -0.508 e. The molecule has 1 N–H and O–H groups in total. The fraction of sp³-hybridized carbons (Fsp3) is 0.533. The highest BCUT2D eigenvalue weighted by atomic mass is 16.3. The Morgan fingerprint density at radius 1 is 1.11 bits per heavy atom. The average Bonchev–Trinajstić information content (AvgIpc) is 2.67. The largest absolute Gasteiger partial charge is 0.508 e. The van der Waals surface area contributed by atoms with Crippen LogP contribution in [0.1, 0.15) is 38.5 Å². The quantitative estimate of drug-likeness (QED) is 0.814. The van der Waals surface area contributed by atoms with Gasteiger partial charge in [-0.1, -0.05) is 25.7 Å². The summed E-state index contributed by atoms with van der Waals surface area (Å²) >= 11 is 0. The number of benzene rings is 1. The van der Waals surface area contributed by atoms with E-state index in [0.717, 1.165) is 18.5 Å². The minimum atomic E-state index is 0.173. The molecular weight excluding hydrogens is 226 g/mol. The fourth-order valence-corrected chi connectivity index (χ4v) is 2.60. The van der Waals surface area contributed by atoms with Gasteiger partial charge < -0.3 is 10.0 Å². The molecule has 0 atom stereocenters. The smallest absolute Gasteiger partial charge is 0.229 e. The summed E-state index contributed by atoms with van der Waals surface area (Å²) in [7, 11) is 1.82. The summed E-state index contributed by atoms with van der Waals surface area (Å²) in [5.41, 5.74) is 0.849. The molecule has 0 heterocycles. The van der Waals surface area contributed by atoms with Crippen molar-refractivity contribution in [2.75, 3.05) is 11.9 Å². The molecule has 1 aromatic rings. The zero-order valence-electron chi connectivity index (χ0n) is 10.9. The Labute approximate surface area is 108 Å². The second-order valence-corrected chi connectivity index (χ2v) is 5.10. The van der Waals surface area contributed by atoms with E-state index >= 15 is 0 Å². The second kappa shape index (κ2) is 5.89. The molecule has 0 radical (unpaired) electrons. The van der Waals surface area contributed by atoms with Gasteiger partial charge in [-0.3, -0.25) is 4.79 Å². The van der Waals surface area contributed by atoms with Crippen molar-refractivity contribution in [1.82, 2.24) is 0 Å². The van der Waals surface area contributed by atoms with Crippen LogP contribution in [0.15, 0.2) is 24.3 Å². The topological polar surface area (TPSA) is 40.5 Å².